The standard InChI is InChI=1S/C5H7F3O2S/c6-3-4-1-2-11(9,10)5(4,7)8/h4H,1-3H2. The zero-order valence-electron chi connectivity index (χ0n) is 5.56. The van der Waals surface area contributed by atoms with Gasteiger partial charge in [-0.25, -0.2) is 8.42 Å². The fourth-order valence-corrected chi connectivity index (χ4v) is 2.58. The molecule has 0 bridgehead atoms. The van der Waals surface area contributed by atoms with E-state index in [4.69, 9.17) is 0 Å². The van der Waals surface area contributed by atoms with E-state index in [1.54, 1.807) is 0 Å². The Bertz CT molecular complexity index is 246. The van der Waals surface area contributed by atoms with Crippen molar-refractivity contribution >= 4 is 9.84 Å². The Labute approximate surface area is 62.3 Å². The summed E-state index contributed by atoms with van der Waals surface area (Å²) in [4.78, 5) is 0. The molecule has 2 nitrogen and oxygen atoms in total. The Morgan fingerprint density at radius 3 is 2.18 bits per heavy atom. The molecule has 1 unspecified atom stereocenters. The van der Waals surface area contributed by atoms with Crippen LogP contribution in [0, 0.1) is 5.92 Å². The predicted molar refractivity (Wildman–Crippen MR) is 32.8 cm³/mol. The van der Waals surface area contributed by atoms with Gasteiger partial charge in [0.25, 0.3) is 0 Å². The molecule has 0 radical (unpaired) electrons. The Balaban J connectivity index is 3.00. The fraction of sp³-hybridized carbons (Fsp3) is 1.00. The molecule has 1 aliphatic heterocycles. The quantitative estimate of drug-likeness (QED) is 0.614. The average molecular weight is 188 g/mol. The van der Waals surface area contributed by atoms with Crippen LogP contribution in [0.3, 0.4) is 0 Å². The van der Waals surface area contributed by atoms with Crippen molar-refractivity contribution in [2.75, 3.05) is 12.4 Å². The second-order valence-electron chi connectivity index (χ2n) is 2.52. The predicted octanol–water partition coefficient (Wildman–Crippen LogP) is 0.983. The van der Waals surface area contributed by atoms with Gasteiger partial charge < -0.3 is 0 Å². The van der Waals surface area contributed by atoms with Crippen LogP contribution in [-0.4, -0.2) is 26.1 Å². The molecule has 0 aromatic carbocycles. The van der Waals surface area contributed by atoms with Gasteiger partial charge in [0.1, 0.15) is 0 Å². The first-order chi connectivity index (χ1) is 4.92. The number of rotatable bonds is 1. The minimum atomic E-state index is -4.36. The highest BCUT2D eigenvalue weighted by Crippen LogP contribution is 2.40. The lowest BCUT2D eigenvalue weighted by Gasteiger charge is -2.13. The van der Waals surface area contributed by atoms with Crippen molar-refractivity contribution in [1.82, 2.24) is 0 Å². The van der Waals surface area contributed by atoms with Crippen LogP contribution in [0.4, 0.5) is 13.2 Å². The molecule has 0 aromatic heterocycles. The third kappa shape index (κ3) is 1.13. The summed E-state index contributed by atoms with van der Waals surface area (Å²) < 4.78 is 58.0. The van der Waals surface area contributed by atoms with Crippen LogP contribution in [-0.2, 0) is 9.84 Å². The van der Waals surface area contributed by atoms with Gasteiger partial charge in [0, 0.05) is 0 Å². The smallest absolute Gasteiger partial charge is 0.251 e. The first-order valence-corrected chi connectivity index (χ1v) is 4.73. The molecule has 0 spiro atoms. The summed E-state index contributed by atoms with van der Waals surface area (Å²) in [6.45, 7) is -1.27. The van der Waals surface area contributed by atoms with Crippen LogP contribution in [0.5, 0.6) is 0 Å². The number of alkyl halides is 3. The van der Waals surface area contributed by atoms with Crippen molar-refractivity contribution in [1.29, 1.82) is 0 Å². The molecule has 1 rings (SSSR count). The van der Waals surface area contributed by atoms with Crippen molar-refractivity contribution in [2.24, 2.45) is 5.92 Å². The van der Waals surface area contributed by atoms with Crippen LogP contribution >= 0.6 is 0 Å². The molecule has 1 atom stereocenters. The normalized spacial score (nSPS) is 33.9. The largest absolute Gasteiger partial charge is 0.350 e. The van der Waals surface area contributed by atoms with Gasteiger partial charge in [-0.15, -0.1) is 0 Å². The maximum atomic E-state index is 12.6. The van der Waals surface area contributed by atoms with Crippen molar-refractivity contribution in [3.8, 4) is 0 Å². The molecule has 1 fully saturated rings. The van der Waals surface area contributed by atoms with Crippen LogP contribution in [0.15, 0.2) is 0 Å². The molecule has 0 aliphatic carbocycles. The molecule has 6 heteroatoms. The average Bonchev–Trinajstić information content (AvgIpc) is 2.05. The number of halogens is 3. The molecule has 0 amide bonds. The lowest BCUT2D eigenvalue weighted by Crippen LogP contribution is -2.31. The van der Waals surface area contributed by atoms with Crippen molar-refractivity contribution in [3.05, 3.63) is 0 Å². The monoisotopic (exact) mass is 188 g/mol. The molecule has 0 saturated carbocycles. The minimum Gasteiger partial charge on any atom is -0.251 e. The fourth-order valence-electron chi connectivity index (χ4n) is 1.02. The summed E-state index contributed by atoms with van der Waals surface area (Å²) in [5.74, 6) is -2.23. The van der Waals surface area contributed by atoms with E-state index in [1.165, 1.54) is 0 Å². The summed E-state index contributed by atoms with van der Waals surface area (Å²) in [7, 11) is -4.36. The molecule has 0 aromatic rings. The summed E-state index contributed by atoms with van der Waals surface area (Å²) in [6.07, 6.45) is -0.272. The van der Waals surface area contributed by atoms with Crippen molar-refractivity contribution in [2.45, 2.75) is 11.7 Å². The van der Waals surface area contributed by atoms with Gasteiger partial charge in [0.2, 0.25) is 9.84 Å². The Hall–Kier alpha value is -0.260. The van der Waals surface area contributed by atoms with Crippen molar-refractivity contribution in [3.63, 3.8) is 0 Å². The minimum absolute atomic E-state index is 0.272. The van der Waals surface area contributed by atoms with Crippen molar-refractivity contribution < 1.29 is 21.6 Å². The summed E-state index contributed by atoms with van der Waals surface area (Å²) in [5.41, 5.74) is 0. The maximum absolute atomic E-state index is 12.6. The summed E-state index contributed by atoms with van der Waals surface area (Å²) >= 11 is 0. The SMILES string of the molecule is O=S1(=O)CCC(CF)C1(F)F. The second kappa shape index (κ2) is 2.36. The number of sulfone groups is 1. The van der Waals surface area contributed by atoms with Gasteiger partial charge in [-0.05, 0) is 6.42 Å². The van der Waals surface area contributed by atoms with Gasteiger partial charge in [-0.1, -0.05) is 0 Å². The van der Waals surface area contributed by atoms with Crippen LogP contribution in [0.1, 0.15) is 6.42 Å². The summed E-state index contributed by atoms with van der Waals surface area (Å²) in [5, 5.41) is -3.85. The van der Waals surface area contributed by atoms with Gasteiger partial charge in [-0.3, -0.25) is 4.39 Å². The van der Waals surface area contributed by atoms with E-state index >= 15 is 0 Å². The molecule has 0 N–H and O–H groups in total. The maximum Gasteiger partial charge on any atom is 0.350 e. The van der Waals surface area contributed by atoms with E-state index in [0.29, 0.717) is 0 Å². The Kier molecular flexibility index (Phi) is 1.90. The zero-order chi connectivity index (χ0) is 8.70. The molecular formula is C5H7F3O2S. The topological polar surface area (TPSA) is 34.1 Å². The molecule has 66 valence electrons. The van der Waals surface area contributed by atoms with Gasteiger partial charge >= 0.3 is 5.25 Å². The second-order valence-corrected chi connectivity index (χ2v) is 4.70. The third-order valence-electron chi connectivity index (χ3n) is 1.81. The lowest BCUT2D eigenvalue weighted by atomic mass is 10.1. The van der Waals surface area contributed by atoms with Gasteiger partial charge in [0.05, 0.1) is 18.3 Å². The van der Waals surface area contributed by atoms with Gasteiger partial charge in [0.15, 0.2) is 0 Å². The lowest BCUT2D eigenvalue weighted by molar-refractivity contribution is 0.0255. The van der Waals surface area contributed by atoms with E-state index in [1.807, 2.05) is 0 Å². The van der Waals surface area contributed by atoms with E-state index in [-0.39, 0.29) is 6.42 Å². The Morgan fingerprint density at radius 1 is 1.45 bits per heavy atom. The summed E-state index contributed by atoms with van der Waals surface area (Å²) in [6, 6.07) is 0. The molecule has 1 heterocycles. The van der Waals surface area contributed by atoms with Crippen LogP contribution < -0.4 is 0 Å². The molecule has 11 heavy (non-hydrogen) atoms. The number of hydrogen-bond acceptors (Lipinski definition) is 2. The molecule has 1 saturated heterocycles. The first kappa shape index (κ1) is 8.83. The third-order valence-corrected chi connectivity index (χ3v) is 3.75. The highest BCUT2D eigenvalue weighted by atomic mass is 32.2. The Morgan fingerprint density at radius 2 is 2.00 bits per heavy atom. The highest BCUT2D eigenvalue weighted by molar-refractivity contribution is 7.92. The molecule has 1 aliphatic rings. The zero-order valence-corrected chi connectivity index (χ0v) is 6.37. The van der Waals surface area contributed by atoms with E-state index in [2.05, 4.69) is 0 Å². The highest BCUT2D eigenvalue weighted by Gasteiger charge is 2.56. The van der Waals surface area contributed by atoms with E-state index < -0.39 is 33.4 Å². The first-order valence-electron chi connectivity index (χ1n) is 3.08. The van der Waals surface area contributed by atoms with Gasteiger partial charge in [-0.2, -0.15) is 8.78 Å². The van der Waals surface area contributed by atoms with E-state index in [9.17, 15) is 21.6 Å². The van der Waals surface area contributed by atoms with E-state index in [0.717, 1.165) is 0 Å². The van der Waals surface area contributed by atoms with Crippen LogP contribution in [0.2, 0.25) is 0 Å². The number of hydrogen-bond donors (Lipinski definition) is 0. The molecular weight excluding hydrogens is 181 g/mol. The van der Waals surface area contributed by atoms with Crippen LogP contribution in [0.25, 0.3) is 0 Å².